The molecule has 36 heavy (non-hydrogen) atoms. The number of sulfone groups is 1. The molecule has 1 aromatic heterocycles. The lowest BCUT2D eigenvalue weighted by Gasteiger charge is -2.20. The van der Waals surface area contributed by atoms with Crippen molar-refractivity contribution in [1.29, 1.82) is 0 Å². The zero-order chi connectivity index (χ0) is 26.1. The molecule has 0 N–H and O–H groups in total. The quantitative estimate of drug-likeness (QED) is 0.360. The van der Waals surface area contributed by atoms with E-state index >= 15 is 0 Å². The summed E-state index contributed by atoms with van der Waals surface area (Å²) in [5.41, 5.74) is 0.924. The average Bonchev–Trinajstić information content (AvgIpc) is 2.88. The number of nitrogens with zero attached hydrogens (tertiary/aromatic N) is 2. The molecule has 0 saturated carbocycles. The van der Waals surface area contributed by atoms with E-state index in [9.17, 15) is 18.0 Å². The van der Waals surface area contributed by atoms with Crippen molar-refractivity contribution >= 4 is 9.84 Å². The Bertz CT molecular complexity index is 1500. The lowest BCUT2D eigenvalue weighted by Crippen LogP contribution is -2.41. The first-order chi connectivity index (χ1) is 17.3. The summed E-state index contributed by atoms with van der Waals surface area (Å²) in [6, 6.07) is 26.9. The fourth-order valence-electron chi connectivity index (χ4n) is 3.64. The highest BCUT2D eigenvalue weighted by Gasteiger charge is 2.23. The largest absolute Gasteiger partial charge is 0.477 e. The second-order valence-corrected chi connectivity index (χ2v) is 10.1. The molecule has 188 valence electrons. The van der Waals surface area contributed by atoms with E-state index in [1.165, 1.54) is 4.57 Å². The number of ether oxygens (including phenoxy) is 1. The Balaban J connectivity index is 0.00000176. The lowest BCUT2D eigenvalue weighted by atomic mass is 10.1. The summed E-state index contributed by atoms with van der Waals surface area (Å²) >= 11 is 0. The highest BCUT2D eigenvalue weighted by atomic mass is 32.2. The molecule has 0 unspecified atom stereocenters. The van der Waals surface area contributed by atoms with E-state index < -0.39 is 21.1 Å². The molecule has 0 atom stereocenters. The van der Waals surface area contributed by atoms with E-state index in [0.717, 1.165) is 16.4 Å². The lowest BCUT2D eigenvalue weighted by molar-refractivity contribution is 0.311. The van der Waals surface area contributed by atoms with Gasteiger partial charge in [0, 0.05) is 12.7 Å². The van der Waals surface area contributed by atoms with Crippen LogP contribution in [-0.4, -0.2) is 36.2 Å². The standard InChI is InChI=1S/C26H24N2O5S.C2H6/c1-34(31,32)18-17-33-25-23(19-20-11-5-2-6-12-20)24(29)27(21-13-7-3-8-14-21)26(30)28(25)22-15-9-4-10-16-22;1-2/h2-16H,17-19H2,1H3;1-2H3. The monoisotopic (exact) mass is 506 g/mol. The Morgan fingerprint density at radius 2 is 1.19 bits per heavy atom. The van der Waals surface area contributed by atoms with Crippen molar-refractivity contribution in [1.82, 2.24) is 9.13 Å². The van der Waals surface area contributed by atoms with E-state index in [1.54, 1.807) is 54.6 Å². The molecule has 0 aliphatic rings. The zero-order valence-electron chi connectivity index (χ0n) is 20.6. The molecule has 4 aromatic rings. The number of hydrogen-bond acceptors (Lipinski definition) is 5. The normalized spacial score (nSPS) is 10.9. The van der Waals surface area contributed by atoms with Gasteiger partial charge in [0.2, 0.25) is 5.88 Å². The number of rotatable bonds is 8. The summed E-state index contributed by atoms with van der Waals surface area (Å²) in [4.78, 5) is 27.4. The van der Waals surface area contributed by atoms with Crippen molar-refractivity contribution in [2.45, 2.75) is 20.3 Å². The summed E-state index contributed by atoms with van der Waals surface area (Å²) in [7, 11) is -3.31. The Labute approximate surface area is 211 Å². The second-order valence-electron chi connectivity index (χ2n) is 7.85. The van der Waals surface area contributed by atoms with Gasteiger partial charge in [-0.2, -0.15) is 0 Å². The molecule has 0 amide bonds. The predicted octanol–water partition coefficient (Wildman–Crippen LogP) is 4.03. The van der Waals surface area contributed by atoms with Crippen molar-refractivity contribution < 1.29 is 13.2 Å². The van der Waals surface area contributed by atoms with Crippen molar-refractivity contribution in [3.63, 3.8) is 0 Å². The molecule has 4 rings (SSSR count). The third kappa shape index (κ3) is 6.40. The third-order valence-electron chi connectivity index (χ3n) is 5.25. The molecule has 7 nitrogen and oxygen atoms in total. The van der Waals surface area contributed by atoms with Crippen LogP contribution in [0.5, 0.6) is 5.88 Å². The van der Waals surface area contributed by atoms with Gasteiger partial charge in [-0.25, -0.2) is 22.3 Å². The molecule has 1 heterocycles. The van der Waals surface area contributed by atoms with Gasteiger partial charge in [0.15, 0.2) is 9.84 Å². The Morgan fingerprint density at radius 3 is 1.69 bits per heavy atom. The van der Waals surface area contributed by atoms with Gasteiger partial charge in [-0.05, 0) is 29.8 Å². The molecule has 0 bridgehead atoms. The SMILES string of the molecule is CC.CS(=O)(=O)CCOc1c(Cc2ccccc2)c(=O)n(-c2ccccc2)c(=O)n1-c1ccccc1. The van der Waals surface area contributed by atoms with Crippen LogP contribution in [0.3, 0.4) is 0 Å². The van der Waals surface area contributed by atoms with Gasteiger partial charge in [0.1, 0.15) is 6.61 Å². The van der Waals surface area contributed by atoms with Gasteiger partial charge in [0.25, 0.3) is 5.56 Å². The third-order valence-corrected chi connectivity index (χ3v) is 6.16. The minimum Gasteiger partial charge on any atom is -0.477 e. The number of hydrogen-bond donors (Lipinski definition) is 0. The summed E-state index contributed by atoms with van der Waals surface area (Å²) in [6.07, 6.45) is 1.31. The maximum absolute atomic E-state index is 13.7. The van der Waals surface area contributed by atoms with Crippen LogP contribution in [0.2, 0.25) is 0 Å². The maximum Gasteiger partial charge on any atom is 0.343 e. The van der Waals surface area contributed by atoms with Crippen LogP contribution in [0.15, 0.2) is 101 Å². The highest BCUT2D eigenvalue weighted by molar-refractivity contribution is 7.90. The van der Waals surface area contributed by atoms with E-state index in [0.29, 0.717) is 11.4 Å². The molecule has 0 aliphatic heterocycles. The van der Waals surface area contributed by atoms with Crippen LogP contribution in [0, 0.1) is 0 Å². The van der Waals surface area contributed by atoms with E-state index in [4.69, 9.17) is 4.74 Å². The Hall–Kier alpha value is -3.91. The van der Waals surface area contributed by atoms with Crippen LogP contribution < -0.4 is 16.0 Å². The minimum absolute atomic E-state index is 0.0425. The average molecular weight is 507 g/mol. The summed E-state index contributed by atoms with van der Waals surface area (Å²) in [6.45, 7) is 3.81. The molecule has 8 heteroatoms. The van der Waals surface area contributed by atoms with Crippen LogP contribution in [0.1, 0.15) is 25.0 Å². The fourth-order valence-corrected chi connectivity index (χ4v) is 4.02. The van der Waals surface area contributed by atoms with Gasteiger partial charge >= 0.3 is 5.69 Å². The van der Waals surface area contributed by atoms with E-state index in [2.05, 4.69) is 0 Å². The fraction of sp³-hybridized carbons (Fsp3) is 0.214. The topological polar surface area (TPSA) is 87.4 Å². The molecule has 0 aliphatic carbocycles. The van der Waals surface area contributed by atoms with Crippen LogP contribution in [0.25, 0.3) is 11.4 Å². The van der Waals surface area contributed by atoms with Crippen LogP contribution >= 0.6 is 0 Å². The predicted molar refractivity (Wildman–Crippen MR) is 143 cm³/mol. The van der Waals surface area contributed by atoms with Gasteiger partial charge < -0.3 is 4.74 Å². The zero-order valence-corrected chi connectivity index (χ0v) is 21.4. The number of benzene rings is 3. The minimum atomic E-state index is -3.31. The van der Waals surface area contributed by atoms with Gasteiger partial charge in [-0.15, -0.1) is 0 Å². The van der Waals surface area contributed by atoms with E-state index in [-0.39, 0.29) is 30.2 Å². The molecule has 0 spiro atoms. The Kier molecular flexibility index (Phi) is 9.02. The molecular weight excluding hydrogens is 476 g/mol. The van der Waals surface area contributed by atoms with Crippen LogP contribution in [-0.2, 0) is 16.3 Å². The first-order valence-electron chi connectivity index (χ1n) is 11.7. The number of para-hydroxylation sites is 2. The first-order valence-corrected chi connectivity index (χ1v) is 13.8. The van der Waals surface area contributed by atoms with Crippen molar-refractivity contribution in [3.05, 3.63) is 123 Å². The van der Waals surface area contributed by atoms with Gasteiger partial charge in [-0.3, -0.25) is 4.79 Å². The molecule has 0 fully saturated rings. The van der Waals surface area contributed by atoms with Crippen molar-refractivity contribution in [2.24, 2.45) is 0 Å². The first kappa shape index (κ1) is 26.7. The van der Waals surface area contributed by atoms with Crippen LogP contribution in [0.4, 0.5) is 0 Å². The van der Waals surface area contributed by atoms with Gasteiger partial charge in [0.05, 0.1) is 22.7 Å². The summed E-state index contributed by atoms with van der Waals surface area (Å²) in [5, 5.41) is 0. The Morgan fingerprint density at radius 1 is 0.722 bits per heavy atom. The number of aromatic nitrogens is 2. The van der Waals surface area contributed by atoms with Crippen molar-refractivity contribution in [3.8, 4) is 17.3 Å². The highest BCUT2D eigenvalue weighted by Crippen LogP contribution is 2.22. The maximum atomic E-state index is 13.7. The van der Waals surface area contributed by atoms with Crippen molar-refractivity contribution in [2.75, 3.05) is 18.6 Å². The summed E-state index contributed by atoms with van der Waals surface area (Å²) in [5.74, 6) is -0.205. The van der Waals surface area contributed by atoms with Gasteiger partial charge in [-0.1, -0.05) is 80.6 Å². The smallest absolute Gasteiger partial charge is 0.343 e. The van der Waals surface area contributed by atoms with E-state index in [1.807, 2.05) is 50.2 Å². The summed E-state index contributed by atoms with van der Waals surface area (Å²) < 4.78 is 31.8. The molecule has 3 aromatic carbocycles. The molecule has 0 saturated heterocycles. The second kappa shape index (κ2) is 12.2. The molecular formula is C28H30N2O5S. The molecule has 0 radical (unpaired) electrons.